The first kappa shape index (κ1) is 10.1. The van der Waals surface area contributed by atoms with Gasteiger partial charge in [0.25, 0.3) is 0 Å². The molecule has 0 heterocycles. The van der Waals surface area contributed by atoms with Crippen LogP contribution in [-0.2, 0) is 0 Å². The van der Waals surface area contributed by atoms with Gasteiger partial charge in [-0.15, -0.1) is 0 Å². The second kappa shape index (κ2) is 4.06. The van der Waals surface area contributed by atoms with Crippen molar-refractivity contribution < 1.29 is 0 Å². The maximum atomic E-state index is 2.26. The lowest BCUT2D eigenvalue weighted by atomic mass is 9.96. The summed E-state index contributed by atoms with van der Waals surface area (Å²) in [5.41, 5.74) is 1.32. The van der Waals surface area contributed by atoms with Crippen LogP contribution in [0.1, 0.15) is 12.5 Å². The third-order valence-electron chi connectivity index (χ3n) is 3.15. The van der Waals surface area contributed by atoms with Gasteiger partial charge in [-0.3, -0.25) is 0 Å². The summed E-state index contributed by atoms with van der Waals surface area (Å²) in [6, 6.07) is 19.4. The number of hydrogen-bond acceptors (Lipinski definition) is 0. The average Bonchev–Trinajstić information content (AvgIpc) is 2.39. The van der Waals surface area contributed by atoms with E-state index in [1.54, 1.807) is 0 Å². The summed E-state index contributed by atoms with van der Waals surface area (Å²) < 4.78 is 0. The molecule has 0 fully saturated rings. The first-order chi connectivity index (χ1) is 8.40. The summed E-state index contributed by atoms with van der Waals surface area (Å²) in [6.07, 6.45) is 4.30. The first-order valence-electron chi connectivity index (χ1n) is 5.93. The highest BCUT2D eigenvalue weighted by Gasteiger charge is 2.03. The van der Waals surface area contributed by atoms with Gasteiger partial charge in [0, 0.05) is 0 Å². The van der Waals surface area contributed by atoms with Crippen molar-refractivity contribution in [2.24, 2.45) is 0 Å². The van der Waals surface area contributed by atoms with Gasteiger partial charge in [-0.05, 0) is 40.1 Å². The molecular weight excluding hydrogens is 204 g/mol. The highest BCUT2D eigenvalue weighted by atomic mass is 14.1. The smallest absolute Gasteiger partial charge is 0.0103 e. The molecule has 0 radical (unpaired) electrons. The van der Waals surface area contributed by atoms with Gasteiger partial charge in [-0.25, -0.2) is 0 Å². The number of allylic oxidation sites excluding steroid dienone is 1. The van der Waals surface area contributed by atoms with E-state index < -0.39 is 0 Å². The molecule has 0 nitrogen and oxygen atoms in total. The summed E-state index contributed by atoms with van der Waals surface area (Å²) in [5, 5.41) is 5.26. The van der Waals surface area contributed by atoms with Crippen LogP contribution in [0, 0.1) is 0 Å². The Balaban J connectivity index is 2.56. The van der Waals surface area contributed by atoms with Gasteiger partial charge >= 0.3 is 0 Å². The molecule has 17 heavy (non-hydrogen) atoms. The molecule has 0 saturated carbocycles. The minimum Gasteiger partial charge on any atom is -0.0870 e. The molecule has 0 N–H and O–H groups in total. The molecule has 0 bridgehead atoms. The van der Waals surface area contributed by atoms with Gasteiger partial charge in [0.1, 0.15) is 0 Å². The number of hydrogen-bond donors (Lipinski definition) is 0. The van der Waals surface area contributed by atoms with Crippen molar-refractivity contribution in [1.82, 2.24) is 0 Å². The highest BCUT2D eigenvalue weighted by Crippen LogP contribution is 2.29. The van der Waals surface area contributed by atoms with Gasteiger partial charge in [0.2, 0.25) is 0 Å². The Kier molecular flexibility index (Phi) is 2.41. The summed E-state index contributed by atoms with van der Waals surface area (Å²) in [6.45, 7) is 2.07. The van der Waals surface area contributed by atoms with Gasteiger partial charge in [-0.2, -0.15) is 0 Å². The highest BCUT2D eigenvalue weighted by molar-refractivity contribution is 6.06. The Hall–Kier alpha value is -2.08. The average molecular weight is 218 g/mol. The maximum Gasteiger partial charge on any atom is -0.0103 e. The van der Waals surface area contributed by atoms with E-state index in [0.717, 1.165) is 0 Å². The monoisotopic (exact) mass is 218 g/mol. The van der Waals surface area contributed by atoms with Crippen molar-refractivity contribution >= 4 is 27.6 Å². The van der Waals surface area contributed by atoms with Crippen LogP contribution in [0.25, 0.3) is 27.6 Å². The summed E-state index contributed by atoms with van der Waals surface area (Å²) >= 11 is 0. The third kappa shape index (κ3) is 1.62. The Morgan fingerprint density at radius 2 is 1.29 bits per heavy atom. The molecule has 3 aromatic carbocycles. The molecule has 3 rings (SSSR count). The normalized spacial score (nSPS) is 11.6. The van der Waals surface area contributed by atoms with E-state index in [1.807, 2.05) is 0 Å². The molecule has 0 amide bonds. The van der Waals surface area contributed by atoms with Crippen LogP contribution >= 0.6 is 0 Å². The van der Waals surface area contributed by atoms with Crippen LogP contribution in [-0.4, -0.2) is 0 Å². The third-order valence-corrected chi connectivity index (χ3v) is 3.15. The lowest BCUT2D eigenvalue weighted by Gasteiger charge is -2.07. The molecule has 0 unspecified atom stereocenters. The fourth-order valence-corrected chi connectivity index (χ4v) is 2.40. The molecule has 3 aromatic rings. The van der Waals surface area contributed by atoms with Gasteiger partial charge in [-0.1, -0.05) is 60.7 Å². The van der Waals surface area contributed by atoms with Crippen LogP contribution < -0.4 is 0 Å². The fourth-order valence-electron chi connectivity index (χ4n) is 2.40. The largest absolute Gasteiger partial charge is 0.0870 e. The Bertz CT molecular complexity index is 651. The van der Waals surface area contributed by atoms with Crippen molar-refractivity contribution in [3.05, 3.63) is 66.2 Å². The lowest BCUT2D eigenvalue weighted by Crippen LogP contribution is -1.82. The predicted molar refractivity (Wildman–Crippen MR) is 76.2 cm³/mol. The molecule has 0 spiro atoms. The van der Waals surface area contributed by atoms with E-state index >= 15 is 0 Å². The second-order valence-electron chi connectivity index (χ2n) is 4.23. The topological polar surface area (TPSA) is 0 Å². The molecule has 0 heteroatoms. The van der Waals surface area contributed by atoms with Crippen molar-refractivity contribution in [1.29, 1.82) is 0 Å². The molecule has 0 aliphatic rings. The maximum absolute atomic E-state index is 2.26. The van der Waals surface area contributed by atoms with Gasteiger partial charge < -0.3 is 0 Å². The van der Waals surface area contributed by atoms with Crippen molar-refractivity contribution in [2.75, 3.05) is 0 Å². The standard InChI is InChI=1S/C17H14/c1-2-7-17-15-10-5-3-8-13(15)12-14-9-4-6-11-16(14)17/h2-12H,1H3. The zero-order valence-corrected chi connectivity index (χ0v) is 9.85. The zero-order valence-electron chi connectivity index (χ0n) is 9.85. The van der Waals surface area contributed by atoms with Crippen molar-refractivity contribution in [2.45, 2.75) is 6.92 Å². The summed E-state index contributed by atoms with van der Waals surface area (Å²) in [4.78, 5) is 0. The van der Waals surface area contributed by atoms with E-state index in [-0.39, 0.29) is 0 Å². The number of fused-ring (bicyclic) bond motifs is 2. The zero-order chi connectivity index (χ0) is 11.7. The molecule has 0 aliphatic carbocycles. The van der Waals surface area contributed by atoms with Gasteiger partial charge in [0.15, 0.2) is 0 Å². The van der Waals surface area contributed by atoms with Gasteiger partial charge in [0.05, 0.1) is 0 Å². The Morgan fingerprint density at radius 3 is 1.82 bits per heavy atom. The molecular formula is C17H14. The minimum atomic E-state index is 1.30. The molecule has 0 saturated heterocycles. The fraction of sp³-hybridized carbons (Fsp3) is 0.0588. The molecule has 0 aliphatic heterocycles. The van der Waals surface area contributed by atoms with Crippen LogP contribution in [0.15, 0.2) is 60.7 Å². The Labute approximate surface area is 101 Å². The molecule has 82 valence electrons. The minimum absolute atomic E-state index is 1.30. The first-order valence-corrected chi connectivity index (χ1v) is 5.93. The molecule has 0 atom stereocenters. The number of rotatable bonds is 1. The van der Waals surface area contributed by atoms with E-state index in [0.29, 0.717) is 0 Å². The van der Waals surface area contributed by atoms with Crippen molar-refractivity contribution in [3.63, 3.8) is 0 Å². The quantitative estimate of drug-likeness (QED) is 0.503. The van der Waals surface area contributed by atoms with Crippen LogP contribution in [0.5, 0.6) is 0 Å². The van der Waals surface area contributed by atoms with Crippen LogP contribution in [0.3, 0.4) is 0 Å². The lowest BCUT2D eigenvalue weighted by molar-refractivity contribution is 1.72. The van der Waals surface area contributed by atoms with E-state index in [4.69, 9.17) is 0 Å². The summed E-state index contributed by atoms with van der Waals surface area (Å²) in [5.74, 6) is 0. The number of benzene rings is 3. The van der Waals surface area contributed by atoms with Crippen LogP contribution in [0.2, 0.25) is 0 Å². The van der Waals surface area contributed by atoms with Crippen LogP contribution in [0.4, 0.5) is 0 Å². The van der Waals surface area contributed by atoms with E-state index in [1.165, 1.54) is 27.1 Å². The summed E-state index contributed by atoms with van der Waals surface area (Å²) in [7, 11) is 0. The second-order valence-corrected chi connectivity index (χ2v) is 4.23. The van der Waals surface area contributed by atoms with E-state index in [2.05, 4.69) is 73.7 Å². The predicted octanol–water partition coefficient (Wildman–Crippen LogP) is 5.03. The van der Waals surface area contributed by atoms with Crippen molar-refractivity contribution in [3.8, 4) is 0 Å². The SMILES string of the molecule is CC=Cc1c2ccccc2cc2ccccc12. The van der Waals surface area contributed by atoms with E-state index in [9.17, 15) is 0 Å². The molecule has 0 aromatic heterocycles. The Morgan fingerprint density at radius 1 is 0.765 bits per heavy atom.